The molecule has 0 bridgehead atoms. The second-order valence-electron chi connectivity index (χ2n) is 6.47. The van der Waals surface area contributed by atoms with Crippen molar-refractivity contribution in [2.75, 3.05) is 33.7 Å². The highest BCUT2D eigenvalue weighted by atomic mass is 35.5. The molecule has 0 aliphatic carbocycles. The van der Waals surface area contributed by atoms with Crippen LogP contribution >= 0.6 is 11.6 Å². The zero-order valence-corrected chi connectivity index (χ0v) is 17.2. The summed E-state index contributed by atoms with van der Waals surface area (Å²) in [4.78, 5) is 17.7. The smallest absolute Gasteiger partial charge is 0.243 e. The Morgan fingerprint density at radius 1 is 1.25 bits per heavy atom. The van der Waals surface area contributed by atoms with E-state index in [1.807, 2.05) is 31.2 Å². The molecule has 28 heavy (non-hydrogen) atoms. The van der Waals surface area contributed by atoms with Crippen LogP contribution in [0.15, 0.2) is 52.1 Å². The molecule has 1 amide bonds. The van der Waals surface area contributed by atoms with Crippen LogP contribution in [0.25, 0.3) is 0 Å². The van der Waals surface area contributed by atoms with Gasteiger partial charge in [0.2, 0.25) is 5.91 Å². The molecule has 1 aromatic heterocycles. The van der Waals surface area contributed by atoms with E-state index >= 15 is 0 Å². The van der Waals surface area contributed by atoms with Crippen LogP contribution in [-0.2, 0) is 11.2 Å². The Balaban J connectivity index is 1.86. The molecule has 1 unspecified atom stereocenters. The van der Waals surface area contributed by atoms with E-state index in [1.54, 1.807) is 32.5 Å². The molecule has 2 N–H and O–H groups in total. The predicted octanol–water partition coefficient (Wildman–Crippen LogP) is 2.57. The molecular formula is C20H27ClN4O3. The SMILES string of the molecule is CC(CNC(=NCC(=O)N(C)C)NCCc1ccco1)Oc1ccc(Cl)cc1. The summed E-state index contributed by atoms with van der Waals surface area (Å²) in [6.45, 7) is 3.16. The van der Waals surface area contributed by atoms with E-state index in [2.05, 4.69) is 15.6 Å². The first-order chi connectivity index (χ1) is 13.4. The number of benzene rings is 1. The fourth-order valence-electron chi connectivity index (χ4n) is 2.25. The molecule has 1 heterocycles. The Hall–Kier alpha value is -2.67. The number of hydrogen-bond acceptors (Lipinski definition) is 4. The van der Waals surface area contributed by atoms with Gasteiger partial charge in [0, 0.05) is 32.1 Å². The minimum absolute atomic E-state index is 0.0650. The molecule has 0 radical (unpaired) electrons. The lowest BCUT2D eigenvalue weighted by molar-refractivity contribution is -0.127. The van der Waals surface area contributed by atoms with Gasteiger partial charge in [-0.2, -0.15) is 0 Å². The van der Waals surface area contributed by atoms with Crippen LogP contribution in [0.1, 0.15) is 12.7 Å². The van der Waals surface area contributed by atoms with Gasteiger partial charge in [0.1, 0.15) is 24.2 Å². The van der Waals surface area contributed by atoms with Gasteiger partial charge in [-0.3, -0.25) is 4.79 Å². The number of nitrogens with one attached hydrogen (secondary N) is 2. The van der Waals surface area contributed by atoms with Crippen LogP contribution in [0.3, 0.4) is 0 Å². The topological polar surface area (TPSA) is 79.1 Å². The largest absolute Gasteiger partial charge is 0.489 e. The number of guanidine groups is 1. The van der Waals surface area contributed by atoms with Gasteiger partial charge in [0.05, 0.1) is 12.8 Å². The zero-order valence-electron chi connectivity index (χ0n) is 16.4. The molecule has 2 aromatic rings. The number of furan rings is 1. The van der Waals surface area contributed by atoms with Crippen molar-refractivity contribution in [3.05, 3.63) is 53.4 Å². The number of nitrogens with zero attached hydrogens (tertiary/aromatic N) is 2. The zero-order chi connectivity index (χ0) is 20.4. The lowest BCUT2D eigenvalue weighted by Crippen LogP contribution is -2.43. The summed E-state index contributed by atoms with van der Waals surface area (Å²) in [7, 11) is 3.41. The summed E-state index contributed by atoms with van der Waals surface area (Å²) >= 11 is 5.89. The van der Waals surface area contributed by atoms with Crippen molar-refractivity contribution in [3.63, 3.8) is 0 Å². The van der Waals surface area contributed by atoms with E-state index in [4.69, 9.17) is 20.8 Å². The van der Waals surface area contributed by atoms with Gasteiger partial charge in [-0.15, -0.1) is 0 Å². The maximum Gasteiger partial charge on any atom is 0.243 e. The first-order valence-corrected chi connectivity index (χ1v) is 9.49. The number of likely N-dealkylation sites (N-methyl/N-ethyl adjacent to an activating group) is 1. The highest BCUT2D eigenvalue weighted by Gasteiger charge is 2.08. The van der Waals surface area contributed by atoms with Crippen molar-refractivity contribution >= 4 is 23.5 Å². The Morgan fingerprint density at radius 3 is 2.64 bits per heavy atom. The van der Waals surface area contributed by atoms with Crippen LogP contribution in [0.5, 0.6) is 5.75 Å². The molecule has 1 atom stereocenters. The molecule has 152 valence electrons. The van der Waals surface area contributed by atoms with Gasteiger partial charge in [0.25, 0.3) is 0 Å². The molecule has 0 saturated heterocycles. The van der Waals surface area contributed by atoms with Crippen molar-refractivity contribution in [2.45, 2.75) is 19.4 Å². The maximum absolute atomic E-state index is 11.8. The Bertz CT molecular complexity index is 745. The van der Waals surface area contributed by atoms with Crippen molar-refractivity contribution in [2.24, 2.45) is 4.99 Å². The number of hydrogen-bond donors (Lipinski definition) is 2. The highest BCUT2D eigenvalue weighted by Crippen LogP contribution is 2.16. The molecule has 0 fully saturated rings. The summed E-state index contributed by atoms with van der Waals surface area (Å²) in [5.74, 6) is 2.10. The maximum atomic E-state index is 11.8. The Kier molecular flexibility index (Phi) is 8.68. The minimum atomic E-state index is -0.109. The number of carbonyl (C=O) groups is 1. The number of ether oxygens (including phenoxy) is 1. The van der Waals surface area contributed by atoms with Crippen LogP contribution in [0.2, 0.25) is 5.02 Å². The summed E-state index contributed by atoms with van der Waals surface area (Å²) in [5.41, 5.74) is 0. The third-order valence-electron chi connectivity index (χ3n) is 3.82. The quantitative estimate of drug-likeness (QED) is 0.494. The van der Waals surface area contributed by atoms with Gasteiger partial charge in [-0.25, -0.2) is 4.99 Å². The van der Waals surface area contributed by atoms with E-state index < -0.39 is 0 Å². The molecule has 0 spiro atoms. The second kappa shape index (κ2) is 11.2. The number of rotatable bonds is 9. The van der Waals surface area contributed by atoms with Crippen LogP contribution in [0, 0.1) is 0 Å². The van der Waals surface area contributed by atoms with E-state index in [9.17, 15) is 4.79 Å². The van der Waals surface area contributed by atoms with Crippen molar-refractivity contribution in [3.8, 4) is 5.75 Å². The second-order valence-corrected chi connectivity index (χ2v) is 6.91. The third-order valence-corrected chi connectivity index (χ3v) is 4.08. The van der Waals surface area contributed by atoms with Crippen LogP contribution in [-0.4, -0.2) is 56.6 Å². The number of amides is 1. The van der Waals surface area contributed by atoms with E-state index in [0.717, 1.165) is 11.5 Å². The third kappa shape index (κ3) is 7.92. The first kappa shape index (κ1) is 21.6. The van der Waals surface area contributed by atoms with Gasteiger partial charge in [0.15, 0.2) is 5.96 Å². The van der Waals surface area contributed by atoms with E-state index in [1.165, 1.54) is 4.90 Å². The van der Waals surface area contributed by atoms with Gasteiger partial charge < -0.3 is 24.7 Å². The molecule has 8 heteroatoms. The lowest BCUT2D eigenvalue weighted by Gasteiger charge is -2.18. The molecular weight excluding hydrogens is 380 g/mol. The Morgan fingerprint density at radius 2 is 2.00 bits per heavy atom. The van der Waals surface area contributed by atoms with Gasteiger partial charge in [-0.1, -0.05) is 11.6 Å². The lowest BCUT2D eigenvalue weighted by atomic mass is 10.3. The predicted molar refractivity (Wildman–Crippen MR) is 111 cm³/mol. The monoisotopic (exact) mass is 406 g/mol. The van der Waals surface area contributed by atoms with E-state index in [0.29, 0.717) is 30.5 Å². The fraction of sp³-hybridized carbons (Fsp3) is 0.400. The van der Waals surface area contributed by atoms with Crippen LogP contribution in [0.4, 0.5) is 0 Å². The molecule has 0 aliphatic rings. The summed E-state index contributed by atoms with van der Waals surface area (Å²) < 4.78 is 11.2. The number of carbonyl (C=O) groups excluding carboxylic acids is 1. The summed E-state index contributed by atoms with van der Waals surface area (Å²) in [6, 6.07) is 11.0. The van der Waals surface area contributed by atoms with Crippen molar-refractivity contribution < 1.29 is 13.9 Å². The normalized spacial score (nSPS) is 12.4. The fourth-order valence-corrected chi connectivity index (χ4v) is 2.37. The first-order valence-electron chi connectivity index (χ1n) is 9.11. The van der Waals surface area contributed by atoms with E-state index in [-0.39, 0.29) is 18.6 Å². The minimum Gasteiger partial charge on any atom is -0.489 e. The molecule has 1 aromatic carbocycles. The average Bonchev–Trinajstić information content (AvgIpc) is 3.18. The highest BCUT2D eigenvalue weighted by molar-refractivity contribution is 6.30. The van der Waals surface area contributed by atoms with Crippen molar-refractivity contribution in [1.82, 2.24) is 15.5 Å². The summed E-state index contributed by atoms with van der Waals surface area (Å²) in [5, 5.41) is 7.09. The van der Waals surface area contributed by atoms with Crippen LogP contribution < -0.4 is 15.4 Å². The number of halogens is 1. The molecule has 0 saturated carbocycles. The van der Waals surface area contributed by atoms with Gasteiger partial charge in [-0.05, 0) is 43.3 Å². The number of aliphatic imine (C=N–C) groups is 1. The molecule has 2 rings (SSSR count). The standard InChI is InChI=1S/C20H27ClN4O3/c1-15(28-18-8-6-16(21)7-9-18)13-23-20(24-14-19(26)25(2)3)22-11-10-17-5-4-12-27-17/h4-9,12,15H,10-11,13-14H2,1-3H3,(H2,22,23,24). The average molecular weight is 407 g/mol. The molecule has 7 nitrogen and oxygen atoms in total. The van der Waals surface area contributed by atoms with Crippen molar-refractivity contribution in [1.29, 1.82) is 0 Å². The summed E-state index contributed by atoms with van der Waals surface area (Å²) in [6.07, 6.45) is 2.25. The molecule has 0 aliphatic heterocycles. The van der Waals surface area contributed by atoms with Gasteiger partial charge >= 0.3 is 0 Å². The Labute approximate surface area is 170 Å².